The Labute approximate surface area is 182 Å². The van der Waals surface area contributed by atoms with Gasteiger partial charge in [-0.15, -0.1) is 0 Å². The molecule has 0 aliphatic carbocycles. The van der Waals surface area contributed by atoms with Crippen LogP contribution >= 0.6 is 11.6 Å². The van der Waals surface area contributed by atoms with E-state index >= 15 is 0 Å². The number of hydrogen-bond acceptors (Lipinski definition) is 5. The van der Waals surface area contributed by atoms with Crippen molar-refractivity contribution in [3.8, 4) is 11.5 Å². The predicted octanol–water partition coefficient (Wildman–Crippen LogP) is 3.84. The van der Waals surface area contributed by atoms with Crippen LogP contribution in [0.5, 0.6) is 11.5 Å². The van der Waals surface area contributed by atoms with Crippen LogP contribution in [0.15, 0.2) is 36.4 Å². The number of amides is 1. The highest BCUT2D eigenvalue weighted by Gasteiger charge is 2.31. The summed E-state index contributed by atoms with van der Waals surface area (Å²) in [5, 5.41) is 2.56. The van der Waals surface area contributed by atoms with Crippen LogP contribution in [-0.2, 0) is 17.5 Å². The minimum absolute atomic E-state index is 0.0389. The lowest BCUT2D eigenvalue weighted by molar-refractivity contribution is -0.137. The number of anilines is 1. The Hall–Kier alpha value is -2.49. The van der Waals surface area contributed by atoms with E-state index in [1.54, 1.807) is 0 Å². The zero-order chi connectivity index (χ0) is 22.0. The Morgan fingerprint density at radius 3 is 2.45 bits per heavy atom. The van der Waals surface area contributed by atoms with Crippen LogP contribution in [0, 0.1) is 0 Å². The highest BCUT2D eigenvalue weighted by atomic mass is 35.5. The summed E-state index contributed by atoms with van der Waals surface area (Å²) in [5.41, 5.74) is 0.224. The number of fused-ring (bicyclic) bond motifs is 1. The molecule has 2 heterocycles. The van der Waals surface area contributed by atoms with Gasteiger partial charge in [-0.3, -0.25) is 14.6 Å². The fourth-order valence-electron chi connectivity index (χ4n) is 3.59. The number of hydrogen-bond donors (Lipinski definition) is 1. The first-order valence-electron chi connectivity index (χ1n) is 9.78. The van der Waals surface area contributed by atoms with Gasteiger partial charge in [0.25, 0.3) is 0 Å². The van der Waals surface area contributed by atoms with Gasteiger partial charge in [0.1, 0.15) is 0 Å². The van der Waals surface area contributed by atoms with Gasteiger partial charge in [-0.25, -0.2) is 0 Å². The number of carbonyl (C=O) groups is 1. The fraction of sp³-hybridized carbons (Fsp3) is 0.381. The summed E-state index contributed by atoms with van der Waals surface area (Å²) in [5.74, 6) is 1.10. The van der Waals surface area contributed by atoms with E-state index in [4.69, 9.17) is 21.1 Å². The third-order valence-corrected chi connectivity index (χ3v) is 5.57. The first-order chi connectivity index (χ1) is 14.8. The summed E-state index contributed by atoms with van der Waals surface area (Å²) in [6.07, 6.45) is -4.50. The third-order valence-electron chi connectivity index (χ3n) is 5.24. The van der Waals surface area contributed by atoms with Crippen molar-refractivity contribution in [1.82, 2.24) is 9.80 Å². The summed E-state index contributed by atoms with van der Waals surface area (Å²) >= 11 is 5.95. The molecular weight excluding hydrogens is 435 g/mol. The van der Waals surface area contributed by atoms with E-state index in [0.717, 1.165) is 54.9 Å². The van der Waals surface area contributed by atoms with Crippen molar-refractivity contribution in [3.05, 3.63) is 52.5 Å². The average Bonchev–Trinajstić information content (AvgIpc) is 3.18. The van der Waals surface area contributed by atoms with Gasteiger partial charge in [0.05, 0.1) is 22.8 Å². The lowest BCUT2D eigenvalue weighted by Crippen LogP contribution is -2.48. The standard InChI is InChI=1S/C21H21ClF3N3O3/c22-16-3-2-15(21(23,24)25)10-17(16)26-20(29)12-28-7-5-27(6-8-28)11-14-1-4-18-19(9-14)31-13-30-18/h1-4,9-10H,5-8,11-13H2,(H,26,29). The average molecular weight is 456 g/mol. The van der Waals surface area contributed by atoms with E-state index in [-0.39, 0.29) is 24.0 Å². The lowest BCUT2D eigenvalue weighted by atomic mass is 10.1. The van der Waals surface area contributed by atoms with Crippen LogP contribution in [0.2, 0.25) is 5.02 Å². The Bertz CT molecular complexity index is 963. The first kappa shape index (κ1) is 21.7. The number of alkyl halides is 3. The molecule has 1 saturated heterocycles. The smallest absolute Gasteiger partial charge is 0.416 e. The molecule has 1 amide bonds. The van der Waals surface area contributed by atoms with Crippen LogP contribution in [-0.4, -0.2) is 55.2 Å². The summed E-state index contributed by atoms with van der Waals surface area (Å²) < 4.78 is 49.4. The van der Waals surface area contributed by atoms with Gasteiger partial charge in [0, 0.05) is 32.7 Å². The van der Waals surface area contributed by atoms with E-state index in [1.165, 1.54) is 0 Å². The van der Waals surface area contributed by atoms with Gasteiger partial charge >= 0.3 is 6.18 Å². The first-order valence-corrected chi connectivity index (χ1v) is 10.2. The molecule has 0 saturated carbocycles. The molecule has 6 nitrogen and oxygen atoms in total. The Kier molecular flexibility index (Phi) is 6.27. The Morgan fingerprint density at radius 2 is 1.71 bits per heavy atom. The minimum Gasteiger partial charge on any atom is -0.454 e. The van der Waals surface area contributed by atoms with Crippen LogP contribution < -0.4 is 14.8 Å². The fourth-order valence-corrected chi connectivity index (χ4v) is 3.76. The molecule has 0 aromatic heterocycles. The zero-order valence-electron chi connectivity index (χ0n) is 16.5. The molecule has 2 aliphatic heterocycles. The predicted molar refractivity (Wildman–Crippen MR) is 109 cm³/mol. The molecule has 0 unspecified atom stereocenters. The molecule has 2 aromatic carbocycles. The summed E-state index contributed by atoms with van der Waals surface area (Å²) in [6, 6.07) is 8.75. The lowest BCUT2D eigenvalue weighted by Gasteiger charge is -2.34. The number of carbonyl (C=O) groups excluding carboxylic acids is 1. The number of nitrogens with one attached hydrogen (secondary N) is 1. The minimum atomic E-state index is -4.50. The van der Waals surface area contributed by atoms with Crippen molar-refractivity contribution >= 4 is 23.2 Å². The van der Waals surface area contributed by atoms with Crippen molar-refractivity contribution < 1.29 is 27.4 Å². The molecule has 1 fully saturated rings. The molecule has 10 heteroatoms. The number of nitrogens with zero attached hydrogens (tertiary/aromatic N) is 2. The van der Waals surface area contributed by atoms with Gasteiger partial charge < -0.3 is 14.8 Å². The maximum atomic E-state index is 12.9. The van der Waals surface area contributed by atoms with Crippen LogP contribution in [0.3, 0.4) is 0 Å². The summed E-state index contributed by atoms with van der Waals surface area (Å²) in [7, 11) is 0. The third kappa shape index (κ3) is 5.41. The Balaban J connectivity index is 1.27. The van der Waals surface area contributed by atoms with E-state index in [2.05, 4.69) is 10.2 Å². The van der Waals surface area contributed by atoms with E-state index in [9.17, 15) is 18.0 Å². The van der Waals surface area contributed by atoms with Crippen molar-refractivity contribution in [2.24, 2.45) is 0 Å². The maximum absolute atomic E-state index is 12.9. The highest BCUT2D eigenvalue weighted by molar-refractivity contribution is 6.33. The van der Waals surface area contributed by atoms with Crippen molar-refractivity contribution in [2.45, 2.75) is 12.7 Å². The van der Waals surface area contributed by atoms with Gasteiger partial charge in [-0.2, -0.15) is 13.2 Å². The van der Waals surface area contributed by atoms with Crippen LogP contribution in [0.4, 0.5) is 18.9 Å². The van der Waals surface area contributed by atoms with Crippen molar-refractivity contribution in [3.63, 3.8) is 0 Å². The zero-order valence-corrected chi connectivity index (χ0v) is 17.3. The normalized spacial score (nSPS) is 17.0. The molecular formula is C21H21ClF3N3O3. The molecule has 0 bridgehead atoms. The summed E-state index contributed by atoms with van der Waals surface area (Å²) in [6.45, 7) is 3.98. The van der Waals surface area contributed by atoms with Crippen LogP contribution in [0.1, 0.15) is 11.1 Å². The van der Waals surface area contributed by atoms with Crippen LogP contribution in [0.25, 0.3) is 0 Å². The molecule has 0 spiro atoms. The van der Waals surface area contributed by atoms with Gasteiger partial charge in [0.15, 0.2) is 11.5 Å². The van der Waals surface area contributed by atoms with Gasteiger partial charge in [0.2, 0.25) is 12.7 Å². The molecule has 2 aliphatic rings. The number of rotatable bonds is 5. The van der Waals surface area contributed by atoms with E-state index in [0.29, 0.717) is 13.1 Å². The second-order valence-corrected chi connectivity index (χ2v) is 7.89. The van der Waals surface area contributed by atoms with Gasteiger partial charge in [-0.1, -0.05) is 17.7 Å². The monoisotopic (exact) mass is 455 g/mol. The van der Waals surface area contributed by atoms with E-state index < -0.39 is 17.6 Å². The molecule has 2 aromatic rings. The molecule has 0 atom stereocenters. The topological polar surface area (TPSA) is 54.0 Å². The summed E-state index contributed by atoms with van der Waals surface area (Å²) in [4.78, 5) is 16.6. The second kappa shape index (κ2) is 8.94. The largest absolute Gasteiger partial charge is 0.454 e. The Morgan fingerprint density at radius 1 is 1.00 bits per heavy atom. The number of ether oxygens (including phenoxy) is 2. The quantitative estimate of drug-likeness (QED) is 0.742. The molecule has 0 radical (unpaired) electrons. The molecule has 31 heavy (non-hydrogen) atoms. The number of benzene rings is 2. The molecule has 4 rings (SSSR count). The molecule has 1 N–H and O–H groups in total. The molecule has 166 valence electrons. The van der Waals surface area contributed by atoms with Crippen molar-refractivity contribution in [1.29, 1.82) is 0 Å². The highest BCUT2D eigenvalue weighted by Crippen LogP contribution is 2.34. The van der Waals surface area contributed by atoms with Gasteiger partial charge in [-0.05, 0) is 35.9 Å². The maximum Gasteiger partial charge on any atom is 0.416 e. The SMILES string of the molecule is O=C(CN1CCN(Cc2ccc3c(c2)OCO3)CC1)Nc1cc(C(F)(F)F)ccc1Cl. The van der Waals surface area contributed by atoms with Crippen molar-refractivity contribution in [2.75, 3.05) is 44.8 Å². The van der Waals surface area contributed by atoms with E-state index in [1.807, 2.05) is 23.1 Å². The number of halogens is 4. The second-order valence-electron chi connectivity index (χ2n) is 7.48. The number of piperazine rings is 1.